The first-order chi connectivity index (χ1) is 17.4. The third-order valence-corrected chi connectivity index (χ3v) is 6.51. The molecule has 6 rings (SSSR count). The van der Waals surface area contributed by atoms with E-state index >= 15 is 0 Å². The van der Waals surface area contributed by atoms with E-state index in [0.717, 1.165) is 44.2 Å². The Labute approximate surface area is 230 Å². The predicted octanol–water partition coefficient (Wildman–Crippen LogP) is 8.18. The fourth-order valence-corrected chi connectivity index (χ4v) is 4.54. The molecule has 0 aliphatic heterocycles. The van der Waals surface area contributed by atoms with Crippen molar-refractivity contribution < 1.29 is 30.6 Å². The topological polar surface area (TPSA) is 59.2 Å². The van der Waals surface area contributed by atoms with Crippen molar-refractivity contribution in [1.82, 2.24) is 9.97 Å². The molecule has 0 aliphatic carbocycles. The van der Waals surface area contributed by atoms with E-state index in [1.807, 2.05) is 60.8 Å². The van der Waals surface area contributed by atoms with Crippen molar-refractivity contribution in [1.29, 1.82) is 0 Å². The molecule has 0 aliphatic rings. The molecule has 2 heterocycles. The second-order valence-corrected chi connectivity index (χ2v) is 10.0. The second kappa shape index (κ2) is 9.61. The van der Waals surface area contributed by atoms with Crippen LogP contribution in [-0.2, 0) is 26.5 Å². The summed E-state index contributed by atoms with van der Waals surface area (Å²) < 4.78 is 6.21. The van der Waals surface area contributed by atoms with Crippen LogP contribution in [0.4, 0.5) is 0 Å². The van der Waals surface area contributed by atoms with Crippen molar-refractivity contribution in [3.05, 3.63) is 103 Å². The molecule has 2 aromatic heterocycles. The first-order valence-electron chi connectivity index (χ1n) is 12.0. The quantitative estimate of drug-likeness (QED) is 0.194. The van der Waals surface area contributed by atoms with Gasteiger partial charge in [0.2, 0.25) is 5.89 Å². The number of benzene rings is 4. The normalized spacial score (nSPS) is 11.5. The van der Waals surface area contributed by atoms with Gasteiger partial charge in [-0.05, 0) is 46.0 Å². The molecule has 5 heteroatoms. The number of hydrogen-bond acceptors (Lipinski definition) is 4. The predicted molar refractivity (Wildman–Crippen MR) is 145 cm³/mol. The van der Waals surface area contributed by atoms with E-state index in [0.29, 0.717) is 17.0 Å². The maximum Gasteiger partial charge on any atom is 0.230 e. The van der Waals surface area contributed by atoms with Gasteiger partial charge < -0.3 is 9.52 Å². The van der Waals surface area contributed by atoms with Crippen LogP contribution in [0, 0.1) is 6.07 Å². The summed E-state index contributed by atoms with van der Waals surface area (Å²) in [5, 5.41) is 12.6. The summed E-state index contributed by atoms with van der Waals surface area (Å²) >= 11 is 0. The SMILES string of the molecule is CC(C)(C)c1cc(-c2[c-]c(-c3nccc4ccccc34)ccc2)c2nc(-c3ccccc3O)oc2c1.[Pt]. The maximum atomic E-state index is 10.4. The molecule has 0 unspecified atom stereocenters. The average molecular weight is 665 g/mol. The molecule has 1 N–H and O–H groups in total. The molecule has 0 spiro atoms. The third kappa shape index (κ3) is 4.58. The number of rotatable bonds is 3. The van der Waals surface area contributed by atoms with E-state index in [4.69, 9.17) is 14.4 Å². The molecular weight excluding hydrogens is 639 g/mol. The molecule has 0 bridgehead atoms. The first-order valence-corrected chi connectivity index (χ1v) is 12.0. The van der Waals surface area contributed by atoms with Gasteiger partial charge >= 0.3 is 0 Å². The van der Waals surface area contributed by atoms with Crippen molar-refractivity contribution in [2.45, 2.75) is 26.2 Å². The molecule has 186 valence electrons. The number of aromatic nitrogens is 2. The van der Waals surface area contributed by atoms with Crippen molar-refractivity contribution in [2.75, 3.05) is 0 Å². The van der Waals surface area contributed by atoms with Crippen LogP contribution in [-0.4, -0.2) is 15.1 Å². The molecule has 0 saturated carbocycles. The Morgan fingerprint density at radius 3 is 2.38 bits per heavy atom. The standard InChI is InChI=1S/C32H25N2O2.Pt/c1-32(2,3)23-18-26(30-28(19-23)36-31(34-30)25-13-6-7-14-27(25)35)21-10-8-11-22(17-21)29-24-12-5-4-9-20(24)15-16-33-29;/h4-16,18-19,35H,1-3H3;/q-1;. The maximum absolute atomic E-state index is 10.4. The summed E-state index contributed by atoms with van der Waals surface area (Å²) in [7, 11) is 0. The minimum absolute atomic E-state index is 0. The minimum Gasteiger partial charge on any atom is -0.507 e. The number of oxazole rings is 1. The molecule has 37 heavy (non-hydrogen) atoms. The number of fused-ring (bicyclic) bond motifs is 2. The molecule has 0 amide bonds. The molecule has 4 nitrogen and oxygen atoms in total. The summed E-state index contributed by atoms with van der Waals surface area (Å²) in [4.78, 5) is 9.52. The van der Waals surface area contributed by atoms with Crippen LogP contribution < -0.4 is 0 Å². The van der Waals surface area contributed by atoms with E-state index in [2.05, 4.69) is 45.0 Å². The van der Waals surface area contributed by atoms with Gasteiger partial charge in [-0.3, -0.25) is 4.98 Å². The zero-order chi connectivity index (χ0) is 24.9. The van der Waals surface area contributed by atoms with Gasteiger partial charge in [0.15, 0.2) is 0 Å². The number of phenols is 1. The smallest absolute Gasteiger partial charge is 0.230 e. The van der Waals surface area contributed by atoms with Gasteiger partial charge in [0.1, 0.15) is 11.3 Å². The Hall–Kier alpha value is -3.75. The number of hydrogen-bond donors (Lipinski definition) is 1. The minimum atomic E-state index is -0.0976. The molecule has 4 aromatic carbocycles. The summed E-state index contributed by atoms with van der Waals surface area (Å²) in [6, 6.07) is 31.3. The van der Waals surface area contributed by atoms with Gasteiger partial charge in [-0.25, -0.2) is 4.98 Å². The number of pyridine rings is 1. The number of para-hydroxylation sites is 1. The van der Waals surface area contributed by atoms with Crippen LogP contribution in [0.15, 0.2) is 95.5 Å². The molecule has 6 aromatic rings. The van der Waals surface area contributed by atoms with Crippen LogP contribution in [0.3, 0.4) is 0 Å². The van der Waals surface area contributed by atoms with Gasteiger partial charge in [0.25, 0.3) is 0 Å². The Morgan fingerprint density at radius 2 is 1.57 bits per heavy atom. The van der Waals surface area contributed by atoms with E-state index in [-0.39, 0.29) is 32.2 Å². The fourth-order valence-electron chi connectivity index (χ4n) is 4.54. The monoisotopic (exact) mass is 664 g/mol. The van der Waals surface area contributed by atoms with E-state index in [1.54, 1.807) is 12.1 Å². The molecule has 0 fully saturated rings. The summed E-state index contributed by atoms with van der Waals surface area (Å²) in [6.07, 6.45) is 1.84. The molecule has 0 atom stereocenters. The van der Waals surface area contributed by atoms with Gasteiger partial charge in [-0.15, -0.1) is 29.8 Å². The number of nitrogens with zero attached hydrogens (tertiary/aromatic N) is 2. The van der Waals surface area contributed by atoms with Crippen molar-refractivity contribution in [3.8, 4) is 39.6 Å². The fraction of sp³-hybridized carbons (Fsp3) is 0.125. The van der Waals surface area contributed by atoms with Crippen molar-refractivity contribution in [2.24, 2.45) is 0 Å². The Morgan fingerprint density at radius 1 is 0.811 bits per heavy atom. The second-order valence-electron chi connectivity index (χ2n) is 10.0. The van der Waals surface area contributed by atoms with Crippen LogP contribution in [0.5, 0.6) is 5.75 Å². The summed E-state index contributed by atoms with van der Waals surface area (Å²) in [5.74, 6) is 0.527. The van der Waals surface area contributed by atoms with Crippen molar-refractivity contribution >= 4 is 21.9 Å². The summed E-state index contributed by atoms with van der Waals surface area (Å²) in [5.41, 5.74) is 6.68. The zero-order valence-corrected chi connectivity index (χ0v) is 23.0. The number of aromatic hydroxyl groups is 1. The Bertz CT molecular complexity index is 1740. The molecule has 0 radical (unpaired) electrons. The van der Waals surface area contributed by atoms with Crippen LogP contribution in [0.2, 0.25) is 0 Å². The van der Waals surface area contributed by atoms with E-state index < -0.39 is 0 Å². The van der Waals surface area contributed by atoms with Gasteiger partial charge in [0.05, 0.1) is 11.1 Å². The Balaban J connectivity index is 0.00000280. The van der Waals surface area contributed by atoms with Gasteiger partial charge in [-0.1, -0.05) is 74.4 Å². The molecular formula is C32H25N2O2Pt-. The van der Waals surface area contributed by atoms with Gasteiger partial charge in [0, 0.05) is 33.0 Å². The van der Waals surface area contributed by atoms with E-state index in [9.17, 15) is 5.11 Å². The largest absolute Gasteiger partial charge is 0.507 e. The van der Waals surface area contributed by atoms with Crippen LogP contribution in [0.25, 0.3) is 55.7 Å². The average Bonchev–Trinajstić information content (AvgIpc) is 3.32. The summed E-state index contributed by atoms with van der Waals surface area (Å²) in [6.45, 7) is 6.54. The van der Waals surface area contributed by atoms with Crippen LogP contribution in [0.1, 0.15) is 26.3 Å². The zero-order valence-electron chi connectivity index (χ0n) is 20.7. The third-order valence-electron chi connectivity index (χ3n) is 6.51. The molecule has 0 saturated heterocycles. The Kier molecular flexibility index (Phi) is 6.47. The van der Waals surface area contributed by atoms with Crippen LogP contribution >= 0.6 is 0 Å². The first kappa shape index (κ1) is 24.9. The van der Waals surface area contributed by atoms with Gasteiger partial charge in [-0.2, -0.15) is 0 Å². The van der Waals surface area contributed by atoms with Crippen molar-refractivity contribution in [3.63, 3.8) is 0 Å². The number of phenolic OH excluding ortho intramolecular Hbond substituents is 1. The van der Waals surface area contributed by atoms with E-state index in [1.165, 1.54) is 0 Å².